The fraction of sp³-hybridized carbons (Fsp3) is 0.538. The van der Waals surface area contributed by atoms with Gasteiger partial charge < -0.3 is 10.1 Å². The number of halogens is 2. The van der Waals surface area contributed by atoms with Gasteiger partial charge in [0.15, 0.2) is 5.75 Å². The third-order valence-corrected chi connectivity index (χ3v) is 5.90. The van der Waals surface area contributed by atoms with Crippen LogP contribution in [0.3, 0.4) is 0 Å². The third-order valence-electron chi connectivity index (χ3n) is 3.60. The van der Waals surface area contributed by atoms with Crippen LogP contribution < -0.4 is 14.8 Å². The van der Waals surface area contributed by atoms with Crippen LogP contribution in [0.1, 0.15) is 13.3 Å². The van der Waals surface area contributed by atoms with Gasteiger partial charge in [0.05, 0.1) is 11.6 Å². The first-order valence-electron chi connectivity index (χ1n) is 6.61. The van der Waals surface area contributed by atoms with Crippen LogP contribution in [0.5, 0.6) is 5.75 Å². The summed E-state index contributed by atoms with van der Waals surface area (Å²) in [4.78, 5) is 0.0437. The SMILES string of the molecule is COc1c(Br)cc(Cl)cc1S(=O)(=O)NC1CNCCC1C. The maximum atomic E-state index is 12.6. The van der Waals surface area contributed by atoms with Crippen LogP contribution in [0.2, 0.25) is 5.02 Å². The van der Waals surface area contributed by atoms with E-state index in [9.17, 15) is 8.42 Å². The van der Waals surface area contributed by atoms with Crippen LogP contribution in [-0.4, -0.2) is 34.7 Å². The zero-order valence-electron chi connectivity index (χ0n) is 11.8. The summed E-state index contributed by atoms with van der Waals surface area (Å²) in [5.74, 6) is 0.526. The molecule has 0 radical (unpaired) electrons. The number of hydrogen-bond acceptors (Lipinski definition) is 4. The average Bonchev–Trinajstić information content (AvgIpc) is 2.40. The third kappa shape index (κ3) is 3.90. The Morgan fingerprint density at radius 3 is 2.81 bits per heavy atom. The maximum absolute atomic E-state index is 12.6. The highest BCUT2D eigenvalue weighted by Crippen LogP contribution is 2.35. The minimum atomic E-state index is -3.71. The van der Waals surface area contributed by atoms with E-state index in [1.165, 1.54) is 13.2 Å². The predicted molar refractivity (Wildman–Crippen MR) is 86.5 cm³/mol. The van der Waals surface area contributed by atoms with Gasteiger partial charge in [-0.25, -0.2) is 13.1 Å². The van der Waals surface area contributed by atoms with Crippen molar-refractivity contribution in [1.29, 1.82) is 0 Å². The minimum Gasteiger partial charge on any atom is -0.494 e. The molecule has 2 atom stereocenters. The molecule has 21 heavy (non-hydrogen) atoms. The molecule has 0 saturated carbocycles. The molecule has 1 aliphatic heterocycles. The molecule has 2 N–H and O–H groups in total. The Labute approximate surface area is 138 Å². The van der Waals surface area contributed by atoms with Crippen molar-refractivity contribution in [2.75, 3.05) is 20.2 Å². The quantitative estimate of drug-likeness (QED) is 0.818. The van der Waals surface area contributed by atoms with Crippen LogP contribution in [0.25, 0.3) is 0 Å². The van der Waals surface area contributed by atoms with Gasteiger partial charge in [-0.05, 0) is 46.9 Å². The Morgan fingerprint density at radius 2 is 2.19 bits per heavy atom. The van der Waals surface area contributed by atoms with Crippen LogP contribution in [0.15, 0.2) is 21.5 Å². The molecular formula is C13H18BrClN2O3S. The highest BCUT2D eigenvalue weighted by molar-refractivity contribution is 9.10. The van der Waals surface area contributed by atoms with Crippen molar-refractivity contribution in [3.05, 3.63) is 21.6 Å². The Morgan fingerprint density at radius 1 is 1.48 bits per heavy atom. The largest absolute Gasteiger partial charge is 0.494 e. The molecule has 0 amide bonds. The summed E-state index contributed by atoms with van der Waals surface area (Å²) in [6.07, 6.45) is 0.934. The minimum absolute atomic E-state index is 0.0437. The van der Waals surface area contributed by atoms with E-state index in [-0.39, 0.29) is 22.6 Å². The average molecular weight is 398 g/mol. The molecule has 118 valence electrons. The molecule has 0 aromatic heterocycles. The molecule has 5 nitrogen and oxygen atoms in total. The highest BCUT2D eigenvalue weighted by atomic mass is 79.9. The summed E-state index contributed by atoms with van der Waals surface area (Å²) in [6, 6.07) is 2.85. The van der Waals surface area contributed by atoms with Gasteiger partial charge in [-0.2, -0.15) is 0 Å². The van der Waals surface area contributed by atoms with Crippen molar-refractivity contribution in [1.82, 2.24) is 10.0 Å². The Bertz CT molecular complexity index is 624. The molecule has 1 aromatic carbocycles. The number of hydrogen-bond donors (Lipinski definition) is 2. The molecule has 2 rings (SSSR count). The Hall–Kier alpha value is -0.340. The van der Waals surface area contributed by atoms with Crippen molar-refractivity contribution in [2.45, 2.75) is 24.3 Å². The van der Waals surface area contributed by atoms with Crippen molar-refractivity contribution in [2.24, 2.45) is 5.92 Å². The summed E-state index contributed by atoms with van der Waals surface area (Å²) in [6.45, 7) is 3.56. The Balaban J connectivity index is 2.35. The molecule has 2 unspecified atom stereocenters. The second-order valence-electron chi connectivity index (χ2n) is 5.12. The number of piperidine rings is 1. The van der Waals surface area contributed by atoms with Gasteiger partial charge in [-0.1, -0.05) is 18.5 Å². The summed E-state index contributed by atoms with van der Waals surface area (Å²) in [5, 5.41) is 3.53. The maximum Gasteiger partial charge on any atom is 0.244 e. The zero-order chi connectivity index (χ0) is 15.6. The van der Waals surface area contributed by atoms with Crippen LogP contribution in [0.4, 0.5) is 0 Å². The van der Waals surface area contributed by atoms with Crippen molar-refractivity contribution < 1.29 is 13.2 Å². The van der Waals surface area contributed by atoms with Gasteiger partial charge in [-0.15, -0.1) is 0 Å². The normalized spacial score (nSPS) is 23.0. The molecule has 1 saturated heterocycles. The van der Waals surface area contributed by atoms with Crippen molar-refractivity contribution in [3.63, 3.8) is 0 Å². The summed E-state index contributed by atoms with van der Waals surface area (Å²) >= 11 is 9.24. The van der Waals surface area contributed by atoms with Gasteiger partial charge in [0.1, 0.15) is 4.90 Å². The number of ether oxygens (including phenoxy) is 1. The molecule has 1 fully saturated rings. The smallest absolute Gasteiger partial charge is 0.244 e. The van der Waals surface area contributed by atoms with Crippen molar-refractivity contribution >= 4 is 37.6 Å². The van der Waals surface area contributed by atoms with Gasteiger partial charge in [0.25, 0.3) is 0 Å². The van der Waals surface area contributed by atoms with E-state index >= 15 is 0 Å². The first-order valence-corrected chi connectivity index (χ1v) is 9.26. The Kier molecular flexibility index (Phi) is 5.54. The molecular weight excluding hydrogens is 380 g/mol. The second-order valence-corrected chi connectivity index (χ2v) is 8.09. The van der Waals surface area contributed by atoms with Crippen LogP contribution in [0, 0.1) is 5.92 Å². The van der Waals surface area contributed by atoms with E-state index < -0.39 is 10.0 Å². The number of benzene rings is 1. The van der Waals surface area contributed by atoms with E-state index in [1.54, 1.807) is 6.07 Å². The topological polar surface area (TPSA) is 67.4 Å². The van der Waals surface area contributed by atoms with E-state index in [4.69, 9.17) is 16.3 Å². The van der Waals surface area contributed by atoms with Crippen LogP contribution in [-0.2, 0) is 10.0 Å². The molecule has 0 aliphatic carbocycles. The molecule has 1 aliphatic rings. The number of rotatable bonds is 4. The standard InChI is InChI=1S/C13H18BrClN2O3S/c1-8-3-4-16-7-11(8)17-21(18,19)12-6-9(15)5-10(14)13(12)20-2/h5-6,8,11,16-17H,3-4,7H2,1-2H3. The van der Waals surface area contributed by atoms with E-state index in [0.29, 0.717) is 16.0 Å². The number of methoxy groups -OCH3 is 1. The lowest BCUT2D eigenvalue weighted by Crippen LogP contribution is -2.50. The monoisotopic (exact) mass is 396 g/mol. The van der Waals surface area contributed by atoms with Gasteiger partial charge in [-0.3, -0.25) is 0 Å². The molecule has 1 heterocycles. The summed E-state index contributed by atoms with van der Waals surface area (Å²) < 4.78 is 33.7. The second kappa shape index (κ2) is 6.83. The van der Waals surface area contributed by atoms with E-state index in [2.05, 4.69) is 26.0 Å². The fourth-order valence-corrected chi connectivity index (χ4v) is 5.07. The summed E-state index contributed by atoms with van der Waals surface area (Å²) in [5.41, 5.74) is 0. The van der Waals surface area contributed by atoms with Crippen molar-refractivity contribution in [3.8, 4) is 5.75 Å². The first-order chi connectivity index (χ1) is 9.85. The van der Waals surface area contributed by atoms with E-state index in [0.717, 1.165) is 13.0 Å². The lowest BCUT2D eigenvalue weighted by atomic mass is 9.96. The molecule has 1 aromatic rings. The lowest BCUT2D eigenvalue weighted by Gasteiger charge is -2.30. The van der Waals surface area contributed by atoms with Gasteiger partial charge in [0.2, 0.25) is 10.0 Å². The van der Waals surface area contributed by atoms with Gasteiger partial charge in [0, 0.05) is 17.6 Å². The molecule has 0 spiro atoms. The summed E-state index contributed by atoms with van der Waals surface area (Å²) in [7, 11) is -2.28. The highest BCUT2D eigenvalue weighted by Gasteiger charge is 2.29. The molecule has 8 heteroatoms. The molecule has 0 bridgehead atoms. The van der Waals surface area contributed by atoms with Gasteiger partial charge >= 0.3 is 0 Å². The lowest BCUT2D eigenvalue weighted by molar-refractivity contribution is 0.326. The predicted octanol–water partition coefficient (Wildman–Crippen LogP) is 2.39. The zero-order valence-corrected chi connectivity index (χ0v) is 15.0. The first kappa shape index (κ1) is 17.0. The number of sulfonamides is 1. The van der Waals surface area contributed by atoms with E-state index in [1.807, 2.05) is 6.92 Å². The van der Waals surface area contributed by atoms with Crippen LogP contribution >= 0.6 is 27.5 Å². The number of nitrogens with one attached hydrogen (secondary N) is 2. The fourth-order valence-electron chi connectivity index (χ4n) is 2.34.